The van der Waals surface area contributed by atoms with Crippen LogP contribution in [0, 0.1) is 5.92 Å². The van der Waals surface area contributed by atoms with E-state index in [-0.39, 0.29) is 5.41 Å². The Hall–Kier alpha value is -1.34. The van der Waals surface area contributed by atoms with Gasteiger partial charge in [-0.1, -0.05) is 75.4 Å². The highest BCUT2D eigenvalue weighted by atomic mass is 15.1. The minimum Gasteiger partial charge on any atom is -0.304 e. The Labute approximate surface area is 124 Å². The first-order valence-electron chi connectivity index (χ1n) is 7.86. The molecule has 0 heterocycles. The molecule has 2 rings (SSSR count). The standard InChI is InChI=1S/C19H27N/c1-4-20(5-2)16-17(3)19(14-10-7-11-15-19)18-12-8-6-9-13-18/h6,8-15,17H,4-5,7,16H2,1-3H3. The lowest BCUT2D eigenvalue weighted by Crippen LogP contribution is -2.39. The molecule has 1 aliphatic rings. The Morgan fingerprint density at radius 1 is 1.05 bits per heavy atom. The van der Waals surface area contributed by atoms with Gasteiger partial charge in [0.15, 0.2) is 0 Å². The normalized spacial score (nSPS) is 18.4. The molecule has 0 N–H and O–H groups in total. The number of rotatable bonds is 6. The number of allylic oxidation sites excluding steroid dienone is 4. The van der Waals surface area contributed by atoms with Gasteiger partial charge in [0.25, 0.3) is 0 Å². The van der Waals surface area contributed by atoms with Crippen molar-refractivity contribution in [3.63, 3.8) is 0 Å². The lowest BCUT2D eigenvalue weighted by atomic mass is 9.68. The van der Waals surface area contributed by atoms with E-state index in [9.17, 15) is 0 Å². The van der Waals surface area contributed by atoms with Crippen molar-refractivity contribution in [2.24, 2.45) is 5.92 Å². The molecule has 108 valence electrons. The molecule has 1 unspecified atom stereocenters. The molecular weight excluding hydrogens is 242 g/mol. The molecule has 0 bridgehead atoms. The molecule has 1 aromatic rings. The second-order valence-corrected chi connectivity index (χ2v) is 5.73. The van der Waals surface area contributed by atoms with Gasteiger partial charge in [-0.15, -0.1) is 0 Å². The molecule has 1 aliphatic carbocycles. The minimum absolute atomic E-state index is 0.0576. The summed E-state index contributed by atoms with van der Waals surface area (Å²) >= 11 is 0. The van der Waals surface area contributed by atoms with Crippen LogP contribution in [0.1, 0.15) is 32.8 Å². The highest BCUT2D eigenvalue weighted by molar-refractivity contribution is 5.40. The Kier molecular flexibility index (Phi) is 5.19. The monoisotopic (exact) mass is 269 g/mol. The Morgan fingerprint density at radius 2 is 1.65 bits per heavy atom. The van der Waals surface area contributed by atoms with Gasteiger partial charge < -0.3 is 4.90 Å². The fraction of sp³-hybridized carbons (Fsp3) is 0.474. The van der Waals surface area contributed by atoms with Gasteiger partial charge >= 0.3 is 0 Å². The van der Waals surface area contributed by atoms with E-state index in [1.807, 2.05) is 0 Å². The second kappa shape index (κ2) is 6.90. The molecule has 0 fully saturated rings. The summed E-state index contributed by atoms with van der Waals surface area (Å²) in [6, 6.07) is 10.9. The largest absolute Gasteiger partial charge is 0.304 e. The number of hydrogen-bond donors (Lipinski definition) is 0. The third-order valence-electron chi connectivity index (χ3n) is 4.58. The molecule has 1 aromatic carbocycles. The predicted octanol–water partition coefficient (Wildman–Crippen LogP) is 4.42. The van der Waals surface area contributed by atoms with E-state index in [0.717, 1.165) is 26.1 Å². The molecule has 1 nitrogen and oxygen atoms in total. The lowest BCUT2D eigenvalue weighted by Gasteiger charge is -2.38. The van der Waals surface area contributed by atoms with Crippen LogP contribution in [0.4, 0.5) is 0 Å². The van der Waals surface area contributed by atoms with Crippen molar-refractivity contribution in [2.75, 3.05) is 19.6 Å². The molecule has 0 saturated heterocycles. The van der Waals surface area contributed by atoms with Crippen molar-refractivity contribution in [2.45, 2.75) is 32.6 Å². The van der Waals surface area contributed by atoms with Crippen molar-refractivity contribution >= 4 is 0 Å². The molecule has 0 spiro atoms. The van der Waals surface area contributed by atoms with Crippen LogP contribution >= 0.6 is 0 Å². The molecule has 20 heavy (non-hydrogen) atoms. The molecular formula is C19H27N. The van der Waals surface area contributed by atoms with E-state index in [1.54, 1.807) is 0 Å². The van der Waals surface area contributed by atoms with E-state index < -0.39 is 0 Å². The maximum absolute atomic E-state index is 2.52. The molecule has 0 radical (unpaired) electrons. The highest BCUT2D eigenvalue weighted by Gasteiger charge is 2.34. The summed E-state index contributed by atoms with van der Waals surface area (Å²) in [5.41, 5.74) is 1.47. The Morgan fingerprint density at radius 3 is 2.20 bits per heavy atom. The van der Waals surface area contributed by atoms with Crippen LogP contribution in [0.5, 0.6) is 0 Å². The summed E-state index contributed by atoms with van der Waals surface area (Å²) in [6.07, 6.45) is 10.5. The maximum Gasteiger partial charge on any atom is 0.0350 e. The van der Waals surface area contributed by atoms with Gasteiger partial charge in [0.1, 0.15) is 0 Å². The number of nitrogens with zero attached hydrogens (tertiary/aromatic N) is 1. The molecule has 0 saturated carbocycles. The van der Waals surface area contributed by atoms with Gasteiger partial charge in [-0.05, 0) is 31.0 Å². The maximum atomic E-state index is 2.52. The highest BCUT2D eigenvalue weighted by Crippen LogP contribution is 2.38. The fourth-order valence-corrected chi connectivity index (χ4v) is 3.21. The van der Waals surface area contributed by atoms with E-state index in [2.05, 4.69) is 80.3 Å². The van der Waals surface area contributed by atoms with Crippen molar-refractivity contribution < 1.29 is 0 Å². The van der Waals surface area contributed by atoms with Gasteiger partial charge in [-0.3, -0.25) is 0 Å². The van der Waals surface area contributed by atoms with Gasteiger partial charge in [0.05, 0.1) is 0 Å². The smallest absolute Gasteiger partial charge is 0.0350 e. The van der Waals surface area contributed by atoms with E-state index >= 15 is 0 Å². The second-order valence-electron chi connectivity index (χ2n) is 5.73. The molecule has 1 heteroatoms. The van der Waals surface area contributed by atoms with Gasteiger partial charge in [-0.2, -0.15) is 0 Å². The Balaban J connectivity index is 2.31. The minimum atomic E-state index is 0.0576. The third-order valence-corrected chi connectivity index (χ3v) is 4.58. The SMILES string of the molecule is CCN(CC)CC(C)C1(c2ccccc2)C=CCC=C1. The first kappa shape index (κ1) is 15.1. The summed E-state index contributed by atoms with van der Waals surface area (Å²) in [6.45, 7) is 10.3. The van der Waals surface area contributed by atoms with Crippen LogP contribution < -0.4 is 0 Å². The van der Waals surface area contributed by atoms with Crippen molar-refractivity contribution in [3.05, 3.63) is 60.2 Å². The number of benzene rings is 1. The third kappa shape index (κ3) is 3.04. The van der Waals surface area contributed by atoms with Crippen LogP contribution in [0.15, 0.2) is 54.6 Å². The van der Waals surface area contributed by atoms with Gasteiger partial charge in [0.2, 0.25) is 0 Å². The summed E-state index contributed by atoms with van der Waals surface area (Å²) in [7, 11) is 0. The topological polar surface area (TPSA) is 3.24 Å². The molecule has 0 amide bonds. The average Bonchev–Trinajstić information content (AvgIpc) is 2.53. The number of hydrogen-bond acceptors (Lipinski definition) is 1. The zero-order valence-corrected chi connectivity index (χ0v) is 13.0. The molecule has 0 aliphatic heterocycles. The quantitative estimate of drug-likeness (QED) is 0.691. The van der Waals surface area contributed by atoms with Gasteiger partial charge in [0, 0.05) is 12.0 Å². The summed E-state index contributed by atoms with van der Waals surface area (Å²) in [4.78, 5) is 2.52. The van der Waals surface area contributed by atoms with E-state index in [4.69, 9.17) is 0 Å². The van der Waals surface area contributed by atoms with E-state index in [0.29, 0.717) is 5.92 Å². The summed E-state index contributed by atoms with van der Waals surface area (Å²) in [5.74, 6) is 0.567. The molecule has 1 atom stereocenters. The fourth-order valence-electron chi connectivity index (χ4n) is 3.21. The Bertz CT molecular complexity index is 442. The van der Waals surface area contributed by atoms with Crippen LogP contribution in [0.3, 0.4) is 0 Å². The lowest BCUT2D eigenvalue weighted by molar-refractivity contribution is 0.231. The van der Waals surface area contributed by atoms with Crippen LogP contribution in [0.25, 0.3) is 0 Å². The molecule has 0 aromatic heterocycles. The van der Waals surface area contributed by atoms with Crippen LogP contribution in [-0.2, 0) is 5.41 Å². The zero-order chi connectivity index (χ0) is 14.4. The van der Waals surface area contributed by atoms with Crippen molar-refractivity contribution in [3.8, 4) is 0 Å². The summed E-state index contributed by atoms with van der Waals surface area (Å²) < 4.78 is 0. The average molecular weight is 269 g/mol. The van der Waals surface area contributed by atoms with Crippen molar-refractivity contribution in [1.82, 2.24) is 4.90 Å². The van der Waals surface area contributed by atoms with Crippen LogP contribution in [0.2, 0.25) is 0 Å². The van der Waals surface area contributed by atoms with Crippen LogP contribution in [-0.4, -0.2) is 24.5 Å². The summed E-state index contributed by atoms with van der Waals surface area (Å²) in [5, 5.41) is 0. The predicted molar refractivity (Wildman–Crippen MR) is 88.0 cm³/mol. The van der Waals surface area contributed by atoms with Gasteiger partial charge in [-0.25, -0.2) is 0 Å². The van der Waals surface area contributed by atoms with E-state index in [1.165, 1.54) is 5.56 Å². The first-order valence-corrected chi connectivity index (χ1v) is 7.86. The van der Waals surface area contributed by atoms with Crippen molar-refractivity contribution in [1.29, 1.82) is 0 Å². The zero-order valence-electron chi connectivity index (χ0n) is 13.0. The first-order chi connectivity index (χ1) is 9.73.